The van der Waals surface area contributed by atoms with Gasteiger partial charge in [-0.3, -0.25) is 0 Å². The zero-order valence-electron chi connectivity index (χ0n) is 9.34. The lowest BCUT2D eigenvalue weighted by Gasteiger charge is -2.20. The van der Waals surface area contributed by atoms with E-state index in [2.05, 4.69) is 52.1 Å². The van der Waals surface area contributed by atoms with Crippen molar-refractivity contribution in [2.24, 2.45) is 5.92 Å². The van der Waals surface area contributed by atoms with Gasteiger partial charge < -0.3 is 0 Å². The standard InChI is InChI=1S/C12H14BrN3/c1-9(2)12(16-14-7-8-15-16)10-3-5-11(13)6-4-10/h3-9,12H,1-2H3. The Morgan fingerprint density at radius 3 is 2.12 bits per heavy atom. The maximum absolute atomic E-state index is 4.23. The molecule has 4 heteroatoms. The number of aromatic nitrogens is 3. The number of hydrogen-bond donors (Lipinski definition) is 0. The van der Waals surface area contributed by atoms with E-state index in [0.717, 1.165) is 4.47 Å². The molecule has 1 aromatic carbocycles. The van der Waals surface area contributed by atoms with Gasteiger partial charge in [-0.15, -0.1) is 0 Å². The molecule has 0 aliphatic carbocycles. The number of benzene rings is 1. The third-order valence-corrected chi connectivity index (χ3v) is 3.06. The summed E-state index contributed by atoms with van der Waals surface area (Å²) in [5, 5.41) is 8.46. The maximum Gasteiger partial charge on any atom is 0.0988 e. The lowest BCUT2D eigenvalue weighted by molar-refractivity contribution is 0.364. The number of halogens is 1. The average Bonchev–Trinajstić information content (AvgIpc) is 2.74. The lowest BCUT2D eigenvalue weighted by atomic mass is 9.97. The van der Waals surface area contributed by atoms with Gasteiger partial charge in [0.15, 0.2) is 0 Å². The molecule has 0 N–H and O–H groups in total. The van der Waals surface area contributed by atoms with Crippen molar-refractivity contribution >= 4 is 15.9 Å². The molecule has 0 bridgehead atoms. The first-order valence-corrected chi connectivity index (χ1v) is 6.09. The first-order chi connectivity index (χ1) is 7.68. The monoisotopic (exact) mass is 279 g/mol. The second-order valence-electron chi connectivity index (χ2n) is 4.09. The Morgan fingerprint density at radius 2 is 1.62 bits per heavy atom. The fourth-order valence-corrected chi connectivity index (χ4v) is 2.08. The molecular formula is C12H14BrN3. The predicted molar refractivity (Wildman–Crippen MR) is 67.1 cm³/mol. The van der Waals surface area contributed by atoms with E-state index in [9.17, 15) is 0 Å². The molecule has 0 fully saturated rings. The molecule has 0 saturated heterocycles. The Labute approximate surface area is 104 Å². The number of nitrogens with zero attached hydrogens (tertiary/aromatic N) is 3. The Kier molecular flexibility index (Phi) is 3.39. The summed E-state index contributed by atoms with van der Waals surface area (Å²) in [4.78, 5) is 1.77. The normalized spacial score (nSPS) is 13.0. The average molecular weight is 280 g/mol. The topological polar surface area (TPSA) is 30.7 Å². The molecule has 1 unspecified atom stereocenters. The lowest BCUT2D eigenvalue weighted by Crippen LogP contribution is -2.19. The van der Waals surface area contributed by atoms with Gasteiger partial charge in [0.1, 0.15) is 0 Å². The van der Waals surface area contributed by atoms with Crippen LogP contribution in [0.15, 0.2) is 41.1 Å². The van der Waals surface area contributed by atoms with Gasteiger partial charge in [0.2, 0.25) is 0 Å². The molecule has 3 nitrogen and oxygen atoms in total. The molecule has 0 aliphatic rings. The molecule has 0 saturated carbocycles. The second kappa shape index (κ2) is 4.78. The third-order valence-electron chi connectivity index (χ3n) is 2.53. The van der Waals surface area contributed by atoms with Gasteiger partial charge in [-0.1, -0.05) is 41.9 Å². The molecule has 16 heavy (non-hydrogen) atoms. The van der Waals surface area contributed by atoms with Crippen LogP contribution in [-0.2, 0) is 0 Å². The highest BCUT2D eigenvalue weighted by atomic mass is 79.9. The summed E-state index contributed by atoms with van der Waals surface area (Å²) in [7, 11) is 0. The molecule has 1 heterocycles. The molecule has 0 radical (unpaired) electrons. The number of hydrogen-bond acceptors (Lipinski definition) is 2. The molecular weight excluding hydrogens is 266 g/mol. The van der Waals surface area contributed by atoms with Crippen molar-refractivity contribution in [3.63, 3.8) is 0 Å². The van der Waals surface area contributed by atoms with Crippen LogP contribution in [-0.4, -0.2) is 15.0 Å². The summed E-state index contributed by atoms with van der Waals surface area (Å²) in [6, 6.07) is 8.52. The Morgan fingerprint density at radius 1 is 1.06 bits per heavy atom. The molecule has 0 aliphatic heterocycles. The van der Waals surface area contributed by atoms with E-state index >= 15 is 0 Å². The molecule has 2 rings (SSSR count). The van der Waals surface area contributed by atoms with Gasteiger partial charge >= 0.3 is 0 Å². The van der Waals surface area contributed by atoms with E-state index in [4.69, 9.17) is 0 Å². The quantitative estimate of drug-likeness (QED) is 0.863. The van der Waals surface area contributed by atoms with Crippen LogP contribution in [0.1, 0.15) is 25.5 Å². The van der Waals surface area contributed by atoms with Crippen LogP contribution in [0.5, 0.6) is 0 Å². The molecule has 2 aromatic rings. The van der Waals surface area contributed by atoms with E-state index in [1.165, 1.54) is 5.56 Å². The molecule has 84 valence electrons. The van der Waals surface area contributed by atoms with Crippen LogP contribution in [0.3, 0.4) is 0 Å². The van der Waals surface area contributed by atoms with E-state index in [1.54, 1.807) is 17.2 Å². The highest BCUT2D eigenvalue weighted by Crippen LogP contribution is 2.25. The van der Waals surface area contributed by atoms with Crippen molar-refractivity contribution in [1.29, 1.82) is 0 Å². The van der Waals surface area contributed by atoms with Crippen molar-refractivity contribution < 1.29 is 0 Å². The Balaban J connectivity index is 2.37. The van der Waals surface area contributed by atoms with Crippen molar-refractivity contribution in [2.75, 3.05) is 0 Å². The molecule has 1 atom stereocenters. The fraction of sp³-hybridized carbons (Fsp3) is 0.333. The predicted octanol–water partition coefficient (Wildman–Crippen LogP) is 3.29. The molecule has 0 spiro atoms. The summed E-state index contributed by atoms with van der Waals surface area (Å²) in [6.45, 7) is 4.35. The summed E-state index contributed by atoms with van der Waals surface area (Å²) in [5.41, 5.74) is 1.23. The van der Waals surface area contributed by atoms with Crippen molar-refractivity contribution in [2.45, 2.75) is 19.9 Å². The minimum atomic E-state index is 0.197. The van der Waals surface area contributed by atoms with E-state index in [-0.39, 0.29) is 6.04 Å². The zero-order chi connectivity index (χ0) is 11.5. The minimum absolute atomic E-state index is 0.197. The highest BCUT2D eigenvalue weighted by Gasteiger charge is 2.18. The Hall–Kier alpha value is -1.16. The minimum Gasteiger partial charge on any atom is -0.177 e. The van der Waals surface area contributed by atoms with E-state index in [1.807, 2.05) is 12.1 Å². The van der Waals surface area contributed by atoms with Gasteiger partial charge in [-0.05, 0) is 23.6 Å². The van der Waals surface area contributed by atoms with Crippen LogP contribution >= 0.6 is 15.9 Å². The number of rotatable bonds is 3. The zero-order valence-corrected chi connectivity index (χ0v) is 10.9. The van der Waals surface area contributed by atoms with Gasteiger partial charge in [0.05, 0.1) is 18.4 Å². The summed E-state index contributed by atoms with van der Waals surface area (Å²) in [6.07, 6.45) is 3.43. The van der Waals surface area contributed by atoms with Crippen LogP contribution in [0, 0.1) is 5.92 Å². The van der Waals surface area contributed by atoms with Gasteiger partial charge in [0, 0.05) is 4.47 Å². The third kappa shape index (κ3) is 2.32. The summed E-state index contributed by atoms with van der Waals surface area (Å²) in [5.74, 6) is 0.452. The van der Waals surface area contributed by atoms with Gasteiger partial charge in [-0.2, -0.15) is 15.0 Å². The fourth-order valence-electron chi connectivity index (χ4n) is 1.81. The molecule has 1 aromatic heterocycles. The first kappa shape index (κ1) is 11.3. The molecule has 0 amide bonds. The Bertz CT molecular complexity index is 434. The summed E-state index contributed by atoms with van der Waals surface area (Å²) < 4.78 is 1.09. The van der Waals surface area contributed by atoms with Crippen LogP contribution in [0.4, 0.5) is 0 Å². The van der Waals surface area contributed by atoms with Gasteiger partial charge in [-0.25, -0.2) is 0 Å². The van der Waals surface area contributed by atoms with Crippen molar-refractivity contribution in [3.05, 3.63) is 46.7 Å². The van der Waals surface area contributed by atoms with E-state index in [0.29, 0.717) is 5.92 Å². The highest BCUT2D eigenvalue weighted by molar-refractivity contribution is 9.10. The van der Waals surface area contributed by atoms with Crippen LogP contribution < -0.4 is 0 Å². The van der Waals surface area contributed by atoms with E-state index < -0.39 is 0 Å². The van der Waals surface area contributed by atoms with Gasteiger partial charge in [0.25, 0.3) is 0 Å². The SMILES string of the molecule is CC(C)C(c1ccc(Br)cc1)n1nccn1. The van der Waals surface area contributed by atoms with Crippen LogP contribution in [0.2, 0.25) is 0 Å². The van der Waals surface area contributed by atoms with Crippen molar-refractivity contribution in [1.82, 2.24) is 15.0 Å². The summed E-state index contributed by atoms with van der Waals surface area (Å²) >= 11 is 3.44. The maximum atomic E-state index is 4.23. The second-order valence-corrected chi connectivity index (χ2v) is 5.01. The smallest absolute Gasteiger partial charge is 0.0988 e. The first-order valence-electron chi connectivity index (χ1n) is 5.29. The largest absolute Gasteiger partial charge is 0.177 e. The van der Waals surface area contributed by atoms with Crippen molar-refractivity contribution in [3.8, 4) is 0 Å². The van der Waals surface area contributed by atoms with Crippen LogP contribution in [0.25, 0.3) is 0 Å².